The Morgan fingerprint density at radius 1 is 1.03 bits per heavy atom. The van der Waals surface area contributed by atoms with Gasteiger partial charge in [-0.3, -0.25) is 9.69 Å². The largest absolute Gasteiger partial charge is 0.497 e. The number of anilines is 1. The predicted octanol–water partition coefficient (Wildman–Crippen LogP) is 3.69. The van der Waals surface area contributed by atoms with E-state index >= 15 is 0 Å². The van der Waals surface area contributed by atoms with Crippen molar-refractivity contribution in [2.45, 2.75) is 37.8 Å². The summed E-state index contributed by atoms with van der Waals surface area (Å²) in [5.41, 5.74) is 2.18. The lowest BCUT2D eigenvalue weighted by molar-refractivity contribution is 0.197. The molecule has 2 aliphatic rings. The molecule has 10 heteroatoms. The van der Waals surface area contributed by atoms with E-state index in [1.54, 1.807) is 7.11 Å². The van der Waals surface area contributed by atoms with Gasteiger partial charge in [-0.05, 0) is 71.1 Å². The third kappa shape index (κ3) is 4.57. The fourth-order valence-corrected chi connectivity index (χ4v) is 5.71. The van der Waals surface area contributed by atoms with Crippen molar-refractivity contribution in [2.24, 2.45) is 0 Å². The van der Waals surface area contributed by atoms with Gasteiger partial charge < -0.3 is 14.6 Å². The van der Waals surface area contributed by atoms with E-state index in [4.69, 9.17) is 4.74 Å². The van der Waals surface area contributed by atoms with Crippen LogP contribution >= 0.6 is 0 Å². The zero-order valence-corrected chi connectivity index (χ0v) is 20.8. The highest BCUT2D eigenvalue weighted by Gasteiger charge is 2.34. The Morgan fingerprint density at radius 2 is 1.78 bits per heavy atom. The zero-order valence-electron chi connectivity index (χ0n) is 20.8. The molecule has 0 bridgehead atoms. The number of pyridine rings is 1. The number of hydrogen-bond donors (Lipinski definition) is 1. The van der Waals surface area contributed by atoms with Crippen LogP contribution in [0.1, 0.15) is 49.2 Å². The molecule has 3 heterocycles. The number of nitrogens with one attached hydrogen (secondary N) is 1. The Kier molecular flexibility index (Phi) is 6.33. The van der Waals surface area contributed by atoms with E-state index in [0.717, 1.165) is 55.4 Å². The van der Waals surface area contributed by atoms with Gasteiger partial charge in [0.25, 0.3) is 5.56 Å². The molecule has 192 valence electrons. The topological polar surface area (TPSA) is 92.2 Å². The molecule has 0 spiro atoms. The van der Waals surface area contributed by atoms with E-state index in [9.17, 15) is 9.18 Å². The van der Waals surface area contributed by atoms with Crippen LogP contribution in [-0.4, -0.2) is 63.4 Å². The molecule has 2 aromatic carbocycles. The fraction of sp³-hybridized carbons (Fsp3) is 0.407. The highest BCUT2D eigenvalue weighted by Crippen LogP contribution is 2.34. The number of methoxy groups -OCH3 is 1. The van der Waals surface area contributed by atoms with Gasteiger partial charge in [0.15, 0.2) is 5.82 Å². The first-order chi connectivity index (χ1) is 18.1. The molecule has 4 aromatic rings. The number of halogens is 1. The van der Waals surface area contributed by atoms with Crippen molar-refractivity contribution in [2.75, 3.05) is 38.2 Å². The lowest BCUT2D eigenvalue weighted by atomic mass is 10.0. The first kappa shape index (κ1) is 23.6. The van der Waals surface area contributed by atoms with Gasteiger partial charge in [0.1, 0.15) is 17.6 Å². The smallest absolute Gasteiger partial charge is 0.253 e. The van der Waals surface area contributed by atoms with E-state index in [2.05, 4.69) is 30.3 Å². The third-order valence-corrected chi connectivity index (χ3v) is 7.68. The standard InChI is InChI=1S/C27H30FN7O2/c1-37-22-11-6-18-16-23(27(36)29-24(18)17-22)25(26-30-31-32-35(26)21-4-2-3-5-21)34-14-12-33(13-15-34)20-9-7-19(28)8-10-20/h6-11,16-17,21,25H,2-5,12-15H2,1H3,(H,29,36)/t25-/m1/s1. The maximum atomic E-state index is 13.5. The molecule has 2 fully saturated rings. The third-order valence-electron chi connectivity index (χ3n) is 7.68. The average Bonchev–Trinajstić information content (AvgIpc) is 3.62. The lowest BCUT2D eigenvalue weighted by Crippen LogP contribution is -2.49. The molecule has 2 aromatic heterocycles. The van der Waals surface area contributed by atoms with Gasteiger partial charge in [0.05, 0.1) is 18.7 Å². The number of fused-ring (bicyclic) bond motifs is 1. The molecule has 0 amide bonds. The summed E-state index contributed by atoms with van der Waals surface area (Å²) in [5.74, 6) is 1.16. The van der Waals surface area contributed by atoms with Gasteiger partial charge in [0, 0.05) is 43.5 Å². The van der Waals surface area contributed by atoms with Crippen LogP contribution in [0.4, 0.5) is 10.1 Å². The summed E-state index contributed by atoms with van der Waals surface area (Å²) >= 11 is 0. The van der Waals surface area contributed by atoms with Gasteiger partial charge in [0.2, 0.25) is 0 Å². The highest BCUT2D eigenvalue weighted by molar-refractivity contribution is 5.80. The lowest BCUT2D eigenvalue weighted by Gasteiger charge is -2.39. The number of rotatable bonds is 6. The molecular weight excluding hydrogens is 473 g/mol. The molecule has 1 saturated carbocycles. The maximum absolute atomic E-state index is 13.5. The molecule has 1 aliphatic carbocycles. The number of ether oxygens (including phenoxy) is 1. The SMILES string of the molecule is COc1ccc2cc([C@H](c3nnnn3C3CCCC3)N3CCN(c4ccc(F)cc4)CC3)c(=O)[nH]c2c1. The average molecular weight is 504 g/mol. The molecule has 37 heavy (non-hydrogen) atoms. The summed E-state index contributed by atoms with van der Waals surface area (Å²) in [4.78, 5) is 21.1. The van der Waals surface area contributed by atoms with Crippen molar-refractivity contribution in [3.63, 3.8) is 0 Å². The Balaban J connectivity index is 1.38. The Hall–Kier alpha value is -3.79. The Morgan fingerprint density at radius 3 is 2.51 bits per heavy atom. The van der Waals surface area contributed by atoms with Crippen molar-refractivity contribution in [1.29, 1.82) is 0 Å². The second-order valence-corrected chi connectivity index (χ2v) is 9.83. The summed E-state index contributed by atoms with van der Waals surface area (Å²) in [6.45, 7) is 2.91. The first-order valence-corrected chi connectivity index (χ1v) is 12.8. The van der Waals surface area contributed by atoms with Gasteiger partial charge in [-0.25, -0.2) is 9.07 Å². The summed E-state index contributed by atoms with van der Waals surface area (Å²) in [6, 6.07) is 14.1. The number of aromatic amines is 1. The molecule has 0 unspecified atom stereocenters. The van der Waals surface area contributed by atoms with E-state index in [-0.39, 0.29) is 23.5 Å². The molecule has 6 rings (SSSR count). The number of H-pyrrole nitrogens is 1. The van der Waals surface area contributed by atoms with Crippen LogP contribution < -0.4 is 15.2 Å². The van der Waals surface area contributed by atoms with Gasteiger partial charge >= 0.3 is 0 Å². The fourth-order valence-electron chi connectivity index (χ4n) is 5.71. The maximum Gasteiger partial charge on any atom is 0.253 e. The molecule has 1 N–H and O–H groups in total. The minimum absolute atomic E-state index is 0.160. The molecule has 1 saturated heterocycles. The van der Waals surface area contributed by atoms with E-state index in [1.807, 2.05) is 41.1 Å². The van der Waals surface area contributed by atoms with Crippen LogP contribution in [0.3, 0.4) is 0 Å². The van der Waals surface area contributed by atoms with Crippen LogP contribution in [0.25, 0.3) is 10.9 Å². The minimum Gasteiger partial charge on any atom is -0.497 e. The number of piperazine rings is 1. The second-order valence-electron chi connectivity index (χ2n) is 9.83. The number of tetrazole rings is 1. The Labute approximate surface area is 213 Å². The number of benzene rings is 2. The van der Waals surface area contributed by atoms with Crippen molar-refractivity contribution >= 4 is 16.6 Å². The van der Waals surface area contributed by atoms with Crippen LogP contribution in [0, 0.1) is 5.82 Å². The number of aromatic nitrogens is 5. The quantitative estimate of drug-likeness (QED) is 0.429. The van der Waals surface area contributed by atoms with Crippen molar-refractivity contribution in [3.05, 3.63) is 76.1 Å². The molecule has 1 atom stereocenters. The van der Waals surface area contributed by atoms with Gasteiger partial charge in [-0.15, -0.1) is 5.10 Å². The van der Waals surface area contributed by atoms with Crippen LogP contribution in [0.15, 0.2) is 53.3 Å². The Bertz CT molecular complexity index is 1440. The predicted molar refractivity (Wildman–Crippen MR) is 138 cm³/mol. The highest BCUT2D eigenvalue weighted by atomic mass is 19.1. The van der Waals surface area contributed by atoms with Crippen LogP contribution in [-0.2, 0) is 0 Å². The summed E-state index contributed by atoms with van der Waals surface area (Å²) < 4.78 is 20.7. The molecule has 0 radical (unpaired) electrons. The van der Waals surface area contributed by atoms with Crippen molar-refractivity contribution in [3.8, 4) is 5.75 Å². The normalized spacial score (nSPS) is 17.9. The summed E-state index contributed by atoms with van der Waals surface area (Å²) in [6.07, 6.45) is 4.39. The monoisotopic (exact) mass is 503 g/mol. The summed E-state index contributed by atoms with van der Waals surface area (Å²) in [5, 5.41) is 13.8. The minimum atomic E-state index is -0.388. The second kappa shape index (κ2) is 9.93. The number of nitrogens with zero attached hydrogens (tertiary/aromatic N) is 6. The van der Waals surface area contributed by atoms with Crippen LogP contribution in [0.2, 0.25) is 0 Å². The first-order valence-electron chi connectivity index (χ1n) is 12.8. The van der Waals surface area contributed by atoms with Gasteiger partial charge in [-0.2, -0.15) is 0 Å². The van der Waals surface area contributed by atoms with Crippen molar-refractivity contribution in [1.82, 2.24) is 30.1 Å². The van der Waals surface area contributed by atoms with E-state index in [1.165, 1.54) is 12.1 Å². The van der Waals surface area contributed by atoms with Crippen LogP contribution in [0.5, 0.6) is 5.75 Å². The van der Waals surface area contributed by atoms with Gasteiger partial charge in [-0.1, -0.05) is 12.8 Å². The number of hydrogen-bond acceptors (Lipinski definition) is 7. The molecule has 9 nitrogen and oxygen atoms in total. The van der Waals surface area contributed by atoms with E-state index < -0.39 is 0 Å². The summed E-state index contributed by atoms with van der Waals surface area (Å²) in [7, 11) is 1.61. The van der Waals surface area contributed by atoms with Crippen molar-refractivity contribution < 1.29 is 9.13 Å². The zero-order chi connectivity index (χ0) is 25.4. The molecule has 1 aliphatic heterocycles. The van der Waals surface area contributed by atoms with E-state index in [0.29, 0.717) is 30.2 Å². The molecular formula is C27H30FN7O2.